The molecule has 184 valence electrons. The fourth-order valence-corrected chi connectivity index (χ4v) is 3.56. The Morgan fingerprint density at radius 2 is 1.82 bits per heavy atom. The summed E-state index contributed by atoms with van der Waals surface area (Å²) in [5.41, 5.74) is 7.07. The number of hydrogen-bond donors (Lipinski definition) is 4. The van der Waals surface area contributed by atoms with Gasteiger partial charge in [0.05, 0.1) is 6.42 Å². The van der Waals surface area contributed by atoms with Crippen molar-refractivity contribution in [1.82, 2.24) is 20.4 Å². The minimum absolute atomic E-state index is 0.0269. The van der Waals surface area contributed by atoms with E-state index in [0.717, 1.165) is 13.1 Å². The molecule has 1 aromatic carbocycles. The molecule has 5 N–H and O–H groups in total. The number of nitrogens with two attached hydrogens (primary N) is 1. The number of oxime groups is 1. The number of rotatable bonds is 7. The third-order valence-corrected chi connectivity index (χ3v) is 5.59. The minimum Gasteiger partial charge on any atom is -0.481 e. The van der Waals surface area contributed by atoms with E-state index in [1.165, 1.54) is 4.90 Å². The highest BCUT2D eigenvalue weighted by molar-refractivity contribution is 6.02. The van der Waals surface area contributed by atoms with Crippen molar-refractivity contribution in [3.63, 3.8) is 0 Å². The Kier molecular flexibility index (Phi) is 8.24. The van der Waals surface area contributed by atoms with Crippen LogP contribution in [0.25, 0.3) is 0 Å². The molecular formula is C21H29N7O6. The number of nitrogens with one attached hydrogen (secondary N) is 2. The number of urea groups is 1. The van der Waals surface area contributed by atoms with Gasteiger partial charge in [0.15, 0.2) is 5.84 Å². The lowest BCUT2D eigenvalue weighted by Crippen LogP contribution is -2.47. The number of hydrogen-bond acceptors (Lipinski definition) is 7. The predicted octanol–water partition coefficient (Wildman–Crippen LogP) is -0.430. The first-order valence-electron chi connectivity index (χ1n) is 10.9. The number of likely N-dealkylation sites (N-methyl/N-ethyl adjacent to an activating group) is 1. The van der Waals surface area contributed by atoms with Gasteiger partial charge in [-0.25, -0.2) is 9.59 Å². The van der Waals surface area contributed by atoms with Crippen molar-refractivity contribution >= 4 is 35.5 Å². The van der Waals surface area contributed by atoms with Gasteiger partial charge in [0.2, 0.25) is 5.91 Å². The lowest BCUT2D eigenvalue weighted by molar-refractivity contribution is -0.136. The first kappa shape index (κ1) is 24.8. The number of anilines is 1. The number of piperazine rings is 1. The molecule has 2 fully saturated rings. The van der Waals surface area contributed by atoms with E-state index in [1.807, 2.05) is 7.05 Å². The van der Waals surface area contributed by atoms with Gasteiger partial charge in [0.25, 0.3) is 0 Å². The molecule has 1 unspecified atom stereocenters. The van der Waals surface area contributed by atoms with Crippen LogP contribution in [0.1, 0.15) is 18.4 Å². The average Bonchev–Trinajstić information content (AvgIpc) is 3.17. The van der Waals surface area contributed by atoms with Crippen LogP contribution in [-0.4, -0.2) is 97.1 Å². The molecule has 0 radical (unpaired) electrons. The van der Waals surface area contributed by atoms with Crippen LogP contribution >= 0.6 is 0 Å². The number of carboxylic acid groups (broad SMARTS) is 1. The molecular weight excluding hydrogens is 446 g/mol. The van der Waals surface area contributed by atoms with E-state index in [9.17, 15) is 19.2 Å². The summed E-state index contributed by atoms with van der Waals surface area (Å²) < 4.78 is 0. The summed E-state index contributed by atoms with van der Waals surface area (Å²) in [6.45, 7) is 3.02. The fraction of sp³-hybridized carbons (Fsp3) is 0.476. The summed E-state index contributed by atoms with van der Waals surface area (Å²) in [6, 6.07) is 5.40. The van der Waals surface area contributed by atoms with Gasteiger partial charge in [-0.1, -0.05) is 5.16 Å². The number of carbonyl (C=O) groups excluding carboxylic acids is 3. The summed E-state index contributed by atoms with van der Waals surface area (Å²) in [7, 11) is 1.98. The number of benzene rings is 1. The van der Waals surface area contributed by atoms with Gasteiger partial charge in [-0.2, -0.15) is 0 Å². The highest BCUT2D eigenvalue weighted by Crippen LogP contribution is 2.22. The molecule has 2 aliphatic rings. The first-order chi connectivity index (χ1) is 16.2. The largest absolute Gasteiger partial charge is 0.481 e. The average molecular weight is 476 g/mol. The first-order valence-corrected chi connectivity index (χ1v) is 10.9. The third kappa shape index (κ3) is 6.57. The smallest absolute Gasteiger partial charge is 0.436 e. The monoisotopic (exact) mass is 475 g/mol. The van der Waals surface area contributed by atoms with Crippen LogP contribution in [0.2, 0.25) is 0 Å². The van der Waals surface area contributed by atoms with Crippen LogP contribution in [0.5, 0.6) is 0 Å². The van der Waals surface area contributed by atoms with E-state index in [-0.39, 0.29) is 24.7 Å². The summed E-state index contributed by atoms with van der Waals surface area (Å²) in [5.74, 6) is -1.27. The van der Waals surface area contributed by atoms with E-state index in [2.05, 4.69) is 20.7 Å². The zero-order valence-corrected chi connectivity index (χ0v) is 18.9. The van der Waals surface area contributed by atoms with Crippen molar-refractivity contribution in [2.75, 3.05) is 51.2 Å². The van der Waals surface area contributed by atoms with Crippen molar-refractivity contribution < 1.29 is 29.1 Å². The van der Waals surface area contributed by atoms with E-state index < -0.39 is 24.1 Å². The number of amides is 4. The zero-order valence-electron chi connectivity index (χ0n) is 18.9. The maximum Gasteiger partial charge on any atom is 0.436 e. The molecule has 1 aromatic rings. The Morgan fingerprint density at radius 1 is 1.15 bits per heavy atom. The Labute approximate surface area is 196 Å². The van der Waals surface area contributed by atoms with E-state index in [4.69, 9.17) is 15.7 Å². The Balaban J connectivity index is 1.51. The molecule has 2 saturated heterocycles. The summed E-state index contributed by atoms with van der Waals surface area (Å²) in [4.78, 5) is 57.3. The predicted molar refractivity (Wildman–Crippen MR) is 122 cm³/mol. The second-order valence-electron chi connectivity index (χ2n) is 8.05. The molecule has 13 heteroatoms. The lowest BCUT2D eigenvalue weighted by atomic mass is 10.2. The molecule has 4 amide bonds. The Bertz CT molecular complexity index is 943. The van der Waals surface area contributed by atoms with E-state index >= 15 is 0 Å². The van der Waals surface area contributed by atoms with Crippen LogP contribution < -0.4 is 21.3 Å². The van der Waals surface area contributed by atoms with E-state index in [0.29, 0.717) is 37.3 Å². The van der Waals surface area contributed by atoms with Crippen molar-refractivity contribution in [3.8, 4) is 0 Å². The van der Waals surface area contributed by atoms with Crippen LogP contribution in [-0.2, 0) is 14.4 Å². The molecule has 0 saturated carbocycles. The number of carbonyl (C=O) groups is 4. The number of carboxylic acids is 1. The molecule has 0 bridgehead atoms. The third-order valence-electron chi connectivity index (χ3n) is 5.59. The SMILES string of the molecule is CN1CCN(C(=O)ON=C(N)c2ccc(N3CCC(NC(=O)NCCC(=O)O)C3=O)cc2)CC1. The second kappa shape index (κ2) is 11.3. The van der Waals surface area contributed by atoms with Crippen LogP contribution in [0, 0.1) is 0 Å². The quantitative estimate of drug-likeness (QED) is 0.178. The van der Waals surface area contributed by atoms with Gasteiger partial charge in [0, 0.05) is 50.5 Å². The number of nitrogens with zero attached hydrogens (tertiary/aromatic N) is 4. The Hall–Kier alpha value is -3.87. The Morgan fingerprint density at radius 3 is 2.47 bits per heavy atom. The van der Waals surface area contributed by atoms with Gasteiger partial charge in [-0.3, -0.25) is 14.4 Å². The van der Waals surface area contributed by atoms with Gasteiger partial charge < -0.3 is 36.2 Å². The van der Waals surface area contributed by atoms with Gasteiger partial charge >= 0.3 is 18.1 Å². The minimum atomic E-state index is -1.02. The standard InChI is InChI=1S/C21H29N7O6/c1-26-10-12-27(13-11-26)21(33)34-25-18(22)14-2-4-15(5-3-14)28-9-7-16(19(28)31)24-20(32)23-8-6-17(29)30/h2-5,16H,6-13H2,1H3,(H2,22,25)(H,29,30)(H2,23,24,32). The molecule has 0 spiro atoms. The maximum atomic E-state index is 12.7. The maximum absolute atomic E-state index is 12.7. The molecule has 0 aliphatic carbocycles. The topological polar surface area (TPSA) is 170 Å². The van der Waals surface area contributed by atoms with Crippen LogP contribution in [0.3, 0.4) is 0 Å². The summed E-state index contributed by atoms with van der Waals surface area (Å²) >= 11 is 0. The molecule has 13 nitrogen and oxygen atoms in total. The molecule has 2 heterocycles. The van der Waals surface area contributed by atoms with E-state index in [1.54, 1.807) is 29.2 Å². The van der Waals surface area contributed by atoms with Crippen molar-refractivity contribution in [1.29, 1.82) is 0 Å². The molecule has 34 heavy (non-hydrogen) atoms. The lowest BCUT2D eigenvalue weighted by Gasteiger charge is -2.30. The van der Waals surface area contributed by atoms with Crippen molar-refractivity contribution in [2.45, 2.75) is 18.9 Å². The second-order valence-corrected chi connectivity index (χ2v) is 8.05. The van der Waals surface area contributed by atoms with Gasteiger partial charge in [-0.05, 0) is 37.7 Å². The number of amidine groups is 1. The molecule has 3 rings (SSSR count). The van der Waals surface area contributed by atoms with Gasteiger partial charge in [-0.15, -0.1) is 0 Å². The van der Waals surface area contributed by atoms with Crippen LogP contribution in [0.15, 0.2) is 29.4 Å². The van der Waals surface area contributed by atoms with Crippen molar-refractivity contribution in [3.05, 3.63) is 29.8 Å². The zero-order chi connectivity index (χ0) is 24.7. The normalized spacial score (nSPS) is 19.1. The highest BCUT2D eigenvalue weighted by atomic mass is 16.7. The number of aliphatic carboxylic acids is 1. The molecule has 1 atom stereocenters. The summed E-state index contributed by atoms with van der Waals surface area (Å²) in [6.07, 6.45) is -0.342. The van der Waals surface area contributed by atoms with Crippen LogP contribution in [0.4, 0.5) is 15.3 Å². The van der Waals surface area contributed by atoms with Gasteiger partial charge in [0.1, 0.15) is 6.04 Å². The highest BCUT2D eigenvalue weighted by Gasteiger charge is 2.33. The molecule has 2 aliphatic heterocycles. The molecule has 0 aromatic heterocycles. The van der Waals surface area contributed by atoms with Crippen molar-refractivity contribution in [2.24, 2.45) is 10.9 Å². The summed E-state index contributed by atoms with van der Waals surface area (Å²) in [5, 5.41) is 17.3. The fourth-order valence-electron chi connectivity index (χ4n) is 3.56.